The highest BCUT2D eigenvalue weighted by Crippen LogP contribution is 2.37. The summed E-state index contributed by atoms with van der Waals surface area (Å²) in [5, 5.41) is 0.133. The van der Waals surface area contributed by atoms with Crippen LogP contribution in [-0.2, 0) is 4.57 Å². The molecule has 0 bridgehead atoms. The van der Waals surface area contributed by atoms with Gasteiger partial charge in [-0.3, -0.25) is 0 Å². The zero-order valence-corrected chi connectivity index (χ0v) is 7.96. The van der Waals surface area contributed by atoms with Crippen LogP contribution in [0.4, 0.5) is 4.39 Å². The number of allylic oxidation sites excluding steroid dienone is 1. The molecule has 0 radical (unpaired) electrons. The van der Waals surface area contributed by atoms with Crippen LogP contribution in [-0.4, -0.2) is 4.89 Å². The van der Waals surface area contributed by atoms with E-state index >= 15 is 0 Å². The average molecular weight is 199 g/mol. The van der Waals surface area contributed by atoms with Crippen LogP contribution >= 0.6 is 8.03 Å². The third-order valence-electron chi connectivity index (χ3n) is 1.63. The van der Waals surface area contributed by atoms with Crippen molar-refractivity contribution in [3.63, 3.8) is 0 Å². The van der Waals surface area contributed by atoms with E-state index in [2.05, 4.69) is 0 Å². The molecular weight excluding hydrogens is 190 g/mol. The summed E-state index contributed by atoms with van der Waals surface area (Å²) < 4.78 is 23.9. The molecule has 1 atom stereocenters. The molecule has 0 fully saturated rings. The second-order valence-corrected chi connectivity index (χ2v) is 3.45. The van der Waals surface area contributed by atoms with Gasteiger partial charge in [0.1, 0.15) is 5.82 Å². The lowest BCUT2D eigenvalue weighted by molar-refractivity contribution is 0.513. The van der Waals surface area contributed by atoms with Crippen molar-refractivity contribution >= 4 is 13.3 Å². The summed E-state index contributed by atoms with van der Waals surface area (Å²) in [6, 6.07) is 5.91. The quantitative estimate of drug-likeness (QED) is 0.743. The van der Waals surface area contributed by atoms with Crippen LogP contribution in [0.25, 0.3) is 5.31 Å². The normalized spacial score (nSPS) is 12.8. The minimum absolute atomic E-state index is 0.133. The Morgan fingerprint density at radius 1 is 1.54 bits per heavy atom. The first kappa shape index (κ1) is 10.0. The van der Waals surface area contributed by atoms with Gasteiger partial charge in [-0.2, -0.15) is 4.89 Å². The van der Waals surface area contributed by atoms with Gasteiger partial charge in [0.15, 0.2) is 0 Å². The second-order valence-electron chi connectivity index (χ2n) is 2.43. The van der Waals surface area contributed by atoms with Crippen LogP contribution in [0.1, 0.15) is 12.5 Å². The first-order valence-corrected chi connectivity index (χ1v) is 4.95. The molecule has 1 aromatic rings. The number of hydrogen-bond acceptors (Lipinski definition) is 1. The molecule has 0 aliphatic heterocycles. The smallest absolute Gasteiger partial charge is 0.206 e. The molecule has 1 unspecified atom stereocenters. The summed E-state index contributed by atoms with van der Waals surface area (Å²) in [6.07, 6.45) is 1.44. The van der Waals surface area contributed by atoms with E-state index in [1.807, 2.05) is 0 Å². The average Bonchev–Trinajstić information content (AvgIpc) is 2.09. The molecule has 0 aromatic heterocycles. The van der Waals surface area contributed by atoms with Gasteiger partial charge in [-0.25, -0.2) is 4.39 Å². The second kappa shape index (κ2) is 4.26. The highest BCUT2D eigenvalue weighted by molar-refractivity contribution is 7.50. The Morgan fingerprint density at radius 3 is 2.62 bits per heavy atom. The van der Waals surface area contributed by atoms with Crippen LogP contribution in [0, 0.1) is 5.82 Å². The van der Waals surface area contributed by atoms with Gasteiger partial charge in [-0.1, -0.05) is 12.1 Å². The summed E-state index contributed by atoms with van der Waals surface area (Å²) in [5.74, 6) is -0.479. The summed E-state index contributed by atoms with van der Waals surface area (Å²) in [5.41, 5.74) is 0.189. The maximum atomic E-state index is 13.1. The Bertz CT molecular complexity index is 360. The standard InChI is InChI=1S/C9H8FO2P/c1-2-9(13(11)12)7-5-3-4-6-8(7)10/h2-6H,1H3/p+1. The van der Waals surface area contributed by atoms with Crippen molar-refractivity contribution < 1.29 is 13.8 Å². The van der Waals surface area contributed by atoms with Crippen molar-refractivity contribution in [1.82, 2.24) is 0 Å². The first-order chi connectivity index (χ1) is 6.16. The molecule has 68 valence electrons. The van der Waals surface area contributed by atoms with Gasteiger partial charge < -0.3 is 0 Å². The van der Waals surface area contributed by atoms with Crippen molar-refractivity contribution in [2.45, 2.75) is 6.92 Å². The molecule has 4 heteroatoms. The maximum absolute atomic E-state index is 13.1. The number of hydrogen-bond donors (Lipinski definition) is 1. The van der Waals surface area contributed by atoms with Gasteiger partial charge in [0.05, 0.1) is 5.56 Å². The summed E-state index contributed by atoms with van der Waals surface area (Å²) >= 11 is 0. The molecule has 0 spiro atoms. The molecule has 0 aliphatic rings. The Kier molecular flexibility index (Phi) is 3.29. The van der Waals surface area contributed by atoms with E-state index < -0.39 is 13.8 Å². The van der Waals surface area contributed by atoms with Crippen molar-refractivity contribution in [1.29, 1.82) is 0 Å². The molecule has 13 heavy (non-hydrogen) atoms. The summed E-state index contributed by atoms with van der Waals surface area (Å²) in [6.45, 7) is 1.60. The van der Waals surface area contributed by atoms with E-state index in [-0.39, 0.29) is 10.9 Å². The van der Waals surface area contributed by atoms with Crippen LogP contribution in [0.3, 0.4) is 0 Å². The maximum Gasteiger partial charge on any atom is 0.546 e. The van der Waals surface area contributed by atoms with Crippen LogP contribution in [0.15, 0.2) is 30.3 Å². The van der Waals surface area contributed by atoms with Crippen molar-refractivity contribution in [2.24, 2.45) is 0 Å². The van der Waals surface area contributed by atoms with Crippen LogP contribution < -0.4 is 0 Å². The number of rotatable bonds is 2. The van der Waals surface area contributed by atoms with Gasteiger partial charge in [-0.05, 0) is 29.7 Å². The van der Waals surface area contributed by atoms with E-state index in [0.717, 1.165) is 0 Å². The van der Waals surface area contributed by atoms with E-state index in [0.29, 0.717) is 0 Å². The third kappa shape index (κ3) is 2.20. The highest BCUT2D eigenvalue weighted by atomic mass is 31.1. The van der Waals surface area contributed by atoms with E-state index in [9.17, 15) is 8.96 Å². The van der Waals surface area contributed by atoms with Crippen molar-refractivity contribution in [2.75, 3.05) is 0 Å². The fourth-order valence-corrected chi connectivity index (χ4v) is 1.65. The molecule has 1 aromatic carbocycles. The van der Waals surface area contributed by atoms with E-state index in [1.54, 1.807) is 13.0 Å². The Morgan fingerprint density at radius 2 is 2.15 bits per heavy atom. The summed E-state index contributed by atoms with van der Waals surface area (Å²) in [7, 11) is -2.49. The van der Waals surface area contributed by atoms with Gasteiger partial charge in [0.25, 0.3) is 0 Å². The molecule has 0 aliphatic carbocycles. The zero-order chi connectivity index (χ0) is 9.84. The number of halogens is 1. The minimum atomic E-state index is -2.49. The molecule has 0 heterocycles. The number of benzene rings is 1. The molecule has 1 N–H and O–H groups in total. The zero-order valence-electron chi connectivity index (χ0n) is 7.07. The van der Waals surface area contributed by atoms with Crippen LogP contribution in [0.2, 0.25) is 0 Å². The van der Waals surface area contributed by atoms with Gasteiger partial charge >= 0.3 is 8.03 Å². The largest absolute Gasteiger partial charge is 0.546 e. The van der Waals surface area contributed by atoms with Crippen LogP contribution in [0.5, 0.6) is 0 Å². The molecule has 0 saturated heterocycles. The van der Waals surface area contributed by atoms with Gasteiger partial charge in [-0.15, -0.1) is 0 Å². The monoisotopic (exact) mass is 199 g/mol. The third-order valence-corrected chi connectivity index (χ3v) is 2.54. The molecule has 0 saturated carbocycles. The molecule has 1 rings (SSSR count). The van der Waals surface area contributed by atoms with Gasteiger partial charge in [0.2, 0.25) is 5.31 Å². The fourth-order valence-electron chi connectivity index (χ4n) is 1.04. The highest BCUT2D eigenvalue weighted by Gasteiger charge is 2.24. The lowest BCUT2D eigenvalue weighted by atomic mass is 10.2. The van der Waals surface area contributed by atoms with E-state index in [1.165, 1.54) is 24.3 Å². The molecular formula is C9H9FO2P+. The van der Waals surface area contributed by atoms with E-state index in [4.69, 9.17) is 4.89 Å². The molecule has 2 nitrogen and oxygen atoms in total. The predicted octanol–water partition coefficient (Wildman–Crippen LogP) is 2.92. The lowest BCUT2D eigenvalue weighted by Gasteiger charge is -1.94. The molecule has 0 amide bonds. The lowest BCUT2D eigenvalue weighted by Crippen LogP contribution is -1.85. The SMILES string of the molecule is CC=C(c1ccccc1F)[P+](=O)O. The topological polar surface area (TPSA) is 37.3 Å². The predicted molar refractivity (Wildman–Crippen MR) is 49.9 cm³/mol. The minimum Gasteiger partial charge on any atom is -0.206 e. The van der Waals surface area contributed by atoms with Crippen molar-refractivity contribution in [3.8, 4) is 0 Å². The van der Waals surface area contributed by atoms with Gasteiger partial charge in [0, 0.05) is 0 Å². The Balaban J connectivity index is 3.21. The summed E-state index contributed by atoms with van der Waals surface area (Å²) in [4.78, 5) is 8.86. The van der Waals surface area contributed by atoms with Crippen molar-refractivity contribution in [3.05, 3.63) is 41.7 Å². The first-order valence-electron chi connectivity index (χ1n) is 3.74. The fraction of sp³-hybridized carbons (Fsp3) is 0.111. The Hall–Kier alpha value is -1.05. The Labute approximate surface area is 76.6 Å².